The molecule has 7 nitrogen and oxygen atoms in total. The molecule has 0 aliphatic carbocycles. The van der Waals surface area contributed by atoms with E-state index in [4.69, 9.17) is 16.6 Å². The largest absolute Gasteiger partial charge is 0.357 e. The van der Waals surface area contributed by atoms with Crippen molar-refractivity contribution >= 4 is 41.5 Å². The summed E-state index contributed by atoms with van der Waals surface area (Å²) >= 11 is 6.07. The van der Waals surface area contributed by atoms with Crippen molar-refractivity contribution in [2.24, 2.45) is 12.0 Å². The van der Waals surface area contributed by atoms with Gasteiger partial charge in [0.1, 0.15) is 12.4 Å². The number of guanidine groups is 1. The molecule has 0 fully saturated rings. The Kier molecular flexibility index (Phi) is 7.12. The van der Waals surface area contributed by atoms with Crippen molar-refractivity contribution in [1.82, 2.24) is 29.5 Å². The Labute approximate surface area is 170 Å². The Bertz CT molecular complexity index is 737. The van der Waals surface area contributed by atoms with E-state index in [1.165, 1.54) is 0 Å². The second kappa shape index (κ2) is 8.88. The van der Waals surface area contributed by atoms with Crippen LogP contribution in [0.4, 0.5) is 0 Å². The van der Waals surface area contributed by atoms with E-state index in [0.717, 1.165) is 60.8 Å². The third-order valence-electron chi connectivity index (χ3n) is 4.23. The lowest BCUT2D eigenvalue weighted by atomic mass is 10.4. The summed E-state index contributed by atoms with van der Waals surface area (Å²) in [6.45, 7) is 5.15. The molecule has 1 aliphatic heterocycles. The van der Waals surface area contributed by atoms with Crippen molar-refractivity contribution in [3.63, 3.8) is 0 Å². The first-order valence-corrected chi connectivity index (χ1v) is 8.67. The van der Waals surface area contributed by atoms with E-state index in [9.17, 15) is 0 Å². The van der Waals surface area contributed by atoms with Crippen LogP contribution in [0.25, 0.3) is 0 Å². The number of fused-ring (bicyclic) bond motifs is 1. The fraction of sp³-hybridized carbons (Fsp3) is 0.562. The van der Waals surface area contributed by atoms with Gasteiger partial charge in [-0.05, 0) is 19.4 Å². The maximum Gasteiger partial charge on any atom is 0.194 e. The van der Waals surface area contributed by atoms with Crippen LogP contribution in [0.1, 0.15) is 30.7 Å². The summed E-state index contributed by atoms with van der Waals surface area (Å²) in [7, 11) is 4.02. The van der Waals surface area contributed by atoms with Gasteiger partial charge in [0.15, 0.2) is 11.8 Å². The molecular weight excluding hydrogens is 453 g/mol. The van der Waals surface area contributed by atoms with Crippen molar-refractivity contribution < 1.29 is 0 Å². The van der Waals surface area contributed by atoms with E-state index in [0.29, 0.717) is 6.54 Å². The minimum absolute atomic E-state index is 0. The predicted octanol–water partition coefficient (Wildman–Crippen LogP) is 2.43. The average Bonchev–Trinajstić information content (AvgIpc) is 3.21. The van der Waals surface area contributed by atoms with Crippen molar-refractivity contribution in [3.05, 3.63) is 34.6 Å². The fourth-order valence-electron chi connectivity index (χ4n) is 2.98. The van der Waals surface area contributed by atoms with E-state index in [1.54, 1.807) is 0 Å². The summed E-state index contributed by atoms with van der Waals surface area (Å²) in [5, 5.41) is 12.6. The molecule has 9 heteroatoms. The quantitative estimate of drug-likeness (QED) is 0.408. The highest BCUT2D eigenvalue weighted by atomic mass is 127. The molecule has 3 rings (SSSR count). The number of rotatable bonds is 5. The van der Waals surface area contributed by atoms with Crippen LogP contribution in [0.2, 0.25) is 5.02 Å². The zero-order valence-electron chi connectivity index (χ0n) is 14.9. The van der Waals surface area contributed by atoms with Gasteiger partial charge in [-0.1, -0.05) is 11.6 Å². The summed E-state index contributed by atoms with van der Waals surface area (Å²) < 4.78 is 4.22. The first kappa shape index (κ1) is 20.0. The molecule has 0 saturated heterocycles. The van der Waals surface area contributed by atoms with Gasteiger partial charge in [-0.25, -0.2) is 4.99 Å². The second-order valence-corrected chi connectivity index (χ2v) is 6.51. The standard InChI is InChI=1S/C16H24ClN7.HI/c1-4-18-16(23(3)11-13-8-12(17)10-22(13)2)19-9-15-21-20-14-6-5-7-24(14)15;/h8,10H,4-7,9,11H2,1-3H3,(H,18,19);1H. The van der Waals surface area contributed by atoms with Gasteiger partial charge in [0.2, 0.25) is 0 Å². The van der Waals surface area contributed by atoms with Crippen molar-refractivity contribution in [3.8, 4) is 0 Å². The maximum atomic E-state index is 6.07. The van der Waals surface area contributed by atoms with Crippen LogP contribution in [0.15, 0.2) is 17.3 Å². The highest BCUT2D eigenvalue weighted by Crippen LogP contribution is 2.16. The number of hydrogen-bond donors (Lipinski definition) is 1. The molecule has 2 aromatic rings. The SMILES string of the molecule is CCNC(=NCc1nnc2n1CCC2)N(C)Cc1cc(Cl)cn1C.I. The Morgan fingerprint density at radius 1 is 1.44 bits per heavy atom. The number of hydrogen-bond acceptors (Lipinski definition) is 3. The van der Waals surface area contributed by atoms with Crippen LogP contribution in [0, 0.1) is 0 Å². The molecule has 0 amide bonds. The molecule has 1 aliphatic rings. The lowest BCUT2D eigenvalue weighted by Gasteiger charge is -2.22. The molecule has 0 aromatic carbocycles. The van der Waals surface area contributed by atoms with Gasteiger partial charge in [0.05, 0.1) is 11.6 Å². The second-order valence-electron chi connectivity index (χ2n) is 6.07. The third kappa shape index (κ3) is 4.66. The first-order chi connectivity index (χ1) is 11.6. The van der Waals surface area contributed by atoms with Gasteiger partial charge < -0.3 is 19.4 Å². The van der Waals surface area contributed by atoms with E-state index in [1.807, 2.05) is 30.9 Å². The molecule has 0 radical (unpaired) electrons. The van der Waals surface area contributed by atoms with Crippen LogP contribution in [-0.2, 0) is 33.1 Å². The number of aliphatic imine (C=N–C) groups is 1. The normalized spacial score (nSPS) is 13.5. The topological polar surface area (TPSA) is 63.3 Å². The number of nitrogens with zero attached hydrogens (tertiary/aromatic N) is 6. The molecule has 0 bridgehead atoms. The Hall–Kier alpha value is -1.29. The number of halogens is 2. The predicted molar refractivity (Wildman–Crippen MR) is 110 cm³/mol. The Morgan fingerprint density at radius 2 is 2.24 bits per heavy atom. The summed E-state index contributed by atoms with van der Waals surface area (Å²) in [6.07, 6.45) is 4.08. The van der Waals surface area contributed by atoms with Gasteiger partial charge in [-0.2, -0.15) is 0 Å². The van der Waals surface area contributed by atoms with E-state index >= 15 is 0 Å². The molecule has 2 aromatic heterocycles. The van der Waals surface area contributed by atoms with Crippen LogP contribution in [-0.4, -0.2) is 43.8 Å². The Morgan fingerprint density at radius 3 is 2.92 bits per heavy atom. The summed E-state index contributed by atoms with van der Waals surface area (Å²) in [5.74, 6) is 2.87. The van der Waals surface area contributed by atoms with Gasteiger partial charge >= 0.3 is 0 Å². The molecule has 3 heterocycles. The molecule has 0 unspecified atom stereocenters. The van der Waals surface area contributed by atoms with Crippen molar-refractivity contribution in [2.45, 2.75) is 39.4 Å². The highest BCUT2D eigenvalue weighted by molar-refractivity contribution is 14.0. The number of nitrogens with one attached hydrogen (secondary N) is 1. The third-order valence-corrected chi connectivity index (χ3v) is 4.43. The minimum atomic E-state index is 0. The molecule has 0 spiro atoms. The highest BCUT2D eigenvalue weighted by Gasteiger charge is 2.17. The molecule has 0 atom stereocenters. The van der Waals surface area contributed by atoms with E-state index in [2.05, 4.69) is 31.9 Å². The summed E-state index contributed by atoms with van der Waals surface area (Å²) in [4.78, 5) is 6.83. The van der Waals surface area contributed by atoms with Gasteiger partial charge in [-0.3, -0.25) is 0 Å². The van der Waals surface area contributed by atoms with Gasteiger partial charge in [-0.15, -0.1) is 34.2 Å². The van der Waals surface area contributed by atoms with E-state index in [-0.39, 0.29) is 24.0 Å². The lowest BCUT2D eigenvalue weighted by molar-refractivity contribution is 0.461. The summed E-state index contributed by atoms with van der Waals surface area (Å²) in [5.41, 5.74) is 1.14. The van der Waals surface area contributed by atoms with Crippen molar-refractivity contribution in [1.29, 1.82) is 0 Å². The molecule has 0 saturated carbocycles. The van der Waals surface area contributed by atoms with Crippen LogP contribution >= 0.6 is 35.6 Å². The minimum Gasteiger partial charge on any atom is -0.357 e. The number of aryl methyl sites for hydroxylation is 2. The van der Waals surface area contributed by atoms with Gasteiger partial charge in [0, 0.05) is 45.5 Å². The average molecular weight is 478 g/mol. The smallest absolute Gasteiger partial charge is 0.194 e. The maximum absolute atomic E-state index is 6.07. The fourth-order valence-corrected chi connectivity index (χ4v) is 3.26. The number of aromatic nitrogens is 4. The molecule has 138 valence electrons. The van der Waals surface area contributed by atoms with E-state index < -0.39 is 0 Å². The van der Waals surface area contributed by atoms with Gasteiger partial charge in [0.25, 0.3) is 0 Å². The zero-order chi connectivity index (χ0) is 17.1. The summed E-state index contributed by atoms with van der Waals surface area (Å²) in [6, 6.07) is 1.98. The van der Waals surface area contributed by atoms with Crippen LogP contribution in [0.3, 0.4) is 0 Å². The molecule has 25 heavy (non-hydrogen) atoms. The molecule has 1 N–H and O–H groups in total. The van der Waals surface area contributed by atoms with Crippen molar-refractivity contribution in [2.75, 3.05) is 13.6 Å². The monoisotopic (exact) mass is 477 g/mol. The first-order valence-electron chi connectivity index (χ1n) is 8.29. The Balaban J connectivity index is 0.00000225. The lowest BCUT2D eigenvalue weighted by Crippen LogP contribution is -2.38. The van der Waals surface area contributed by atoms with Crippen LogP contribution < -0.4 is 5.32 Å². The zero-order valence-corrected chi connectivity index (χ0v) is 18.0. The van der Waals surface area contributed by atoms with Crippen LogP contribution in [0.5, 0.6) is 0 Å². The molecular formula is C16H25ClIN7.